The van der Waals surface area contributed by atoms with E-state index >= 15 is 0 Å². The molecule has 1 unspecified atom stereocenters. The van der Waals surface area contributed by atoms with E-state index in [-0.39, 0.29) is 23.3 Å². The van der Waals surface area contributed by atoms with Crippen LogP contribution in [0, 0.1) is 10.1 Å². The lowest BCUT2D eigenvalue weighted by molar-refractivity contribution is -0.384. The number of halogens is 1. The highest BCUT2D eigenvalue weighted by Gasteiger charge is 2.23. The van der Waals surface area contributed by atoms with E-state index < -0.39 is 4.92 Å². The molecule has 8 heteroatoms. The molecule has 1 aliphatic rings. The SMILES string of the molecule is CN(CC1CCCO1)C(=O)c1ccc(NCc2ccccc2Cl)c([N+](=O)[O-])c1. The summed E-state index contributed by atoms with van der Waals surface area (Å²) < 4.78 is 5.55. The number of nitrogens with one attached hydrogen (secondary N) is 1. The van der Waals surface area contributed by atoms with E-state index in [1.165, 1.54) is 6.07 Å². The molecule has 1 heterocycles. The number of nitro groups is 1. The van der Waals surface area contributed by atoms with Gasteiger partial charge in [0.15, 0.2) is 0 Å². The van der Waals surface area contributed by atoms with E-state index in [0.29, 0.717) is 30.4 Å². The van der Waals surface area contributed by atoms with Crippen molar-refractivity contribution < 1.29 is 14.5 Å². The molecule has 0 aliphatic carbocycles. The molecule has 0 bridgehead atoms. The van der Waals surface area contributed by atoms with Gasteiger partial charge in [-0.25, -0.2) is 0 Å². The second kappa shape index (κ2) is 9.03. The number of nitro benzene ring substituents is 1. The van der Waals surface area contributed by atoms with Crippen LogP contribution < -0.4 is 5.32 Å². The van der Waals surface area contributed by atoms with Crippen molar-refractivity contribution in [2.24, 2.45) is 0 Å². The predicted octanol–water partition coefficient (Wildman–Crippen LogP) is 4.11. The molecule has 0 aromatic heterocycles. The second-order valence-corrected chi connectivity index (χ2v) is 7.16. The average Bonchev–Trinajstić information content (AvgIpc) is 3.19. The molecular formula is C20H22ClN3O4. The minimum absolute atomic E-state index is 0.0282. The molecule has 2 aromatic rings. The summed E-state index contributed by atoms with van der Waals surface area (Å²) in [5, 5.41) is 15.1. The number of likely N-dealkylation sites (N-methyl/N-ethyl adjacent to an activating group) is 1. The van der Waals surface area contributed by atoms with E-state index in [1.54, 1.807) is 30.1 Å². The van der Waals surface area contributed by atoms with E-state index in [2.05, 4.69) is 5.32 Å². The van der Waals surface area contributed by atoms with Gasteiger partial charge in [-0.05, 0) is 36.6 Å². The molecular weight excluding hydrogens is 382 g/mol. The zero-order valence-corrected chi connectivity index (χ0v) is 16.3. The van der Waals surface area contributed by atoms with Gasteiger partial charge in [0, 0.05) is 43.4 Å². The van der Waals surface area contributed by atoms with Gasteiger partial charge in [-0.2, -0.15) is 0 Å². The first-order chi connectivity index (χ1) is 13.5. The Morgan fingerprint density at radius 1 is 1.36 bits per heavy atom. The summed E-state index contributed by atoms with van der Waals surface area (Å²) >= 11 is 6.13. The highest BCUT2D eigenvalue weighted by Crippen LogP contribution is 2.27. The summed E-state index contributed by atoms with van der Waals surface area (Å²) in [7, 11) is 1.68. The number of anilines is 1. The molecule has 1 amide bonds. The fourth-order valence-corrected chi connectivity index (χ4v) is 3.40. The number of amides is 1. The lowest BCUT2D eigenvalue weighted by Crippen LogP contribution is -2.34. The van der Waals surface area contributed by atoms with Crippen LogP contribution in [-0.4, -0.2) is 42.0 Å². The summed E-state index contributed by atoms with van der Waals surface area (Å²) in [6.07, 6.45) is 1.94. The third-order valence-electron chi connectivity index (χ3n) is 4.72. The van der Waals surface area contributed by atoms with Crippen LogP contribution in [0.4, 0.5) is 11.4 Å². The van der Waals surface area contributed by atoms with Crippen molar-refractivity contribution in [1.82, 2.24) is 4.90 Å². The van der Waals surface area contributed by atoms with E-state index in [9.17, 15) is 14.9 Å². The number of nitrogens with zero attached hydrogens (tertiary/aromatic N) is 2. The van der Waals surface area contributed by atoms with Crippen molar-refractivity contribution in [3.8, 4) is 0 Å². The van der Waals surface area contributed by atoms with Gasteiger partial charge in [0.25, 0.3) is 11.6 Å². The van der Waals surface area contributed by atoms with Gasteiger partial charge in [-0.3, -0.25) is 14.9 Å². The number of rotatable bonds is 7. The molecule has 0 radical (unpaired) electrons. The van der Waals surface area contributed by atoms with Crippen molar-refractivity contribution in [3.63, 3.8) is 0 Å². The third kappa shape index (κ3) is 4.79. The van der Waals surface area contributed by atoms with Gasteiger partial charge in [-0.1, -0.05) is 29.8 Å². The van der Waals surface area contributed by atoms with Crippen molar-refractivity contribution >= 4 is 28.9 Å². The molecule has 0 spiro atoms. The Bertz CT molecular complexity index is 868. The number of carbonyl (C=O) groups excluding carboxylic acids is 1. The summed E-state index contributed by atoms with van der Waals surface area (Å²) in [6, 6.07) is 11.7. The van der Waals surface area contributed by atoms with Gasteiger partial charge in [0.05, 0.1) is 11.0 Å². The second-order valence-electron chi connectivity index (χ2n) is 6.75. The summed E-state index contributed by atoms with van der Waals surface area (Å²) in [6.45, 7) is 1.52. The molecule has 1 saturated heterocycles. The highest BCUT2D eigenvalue weighted by molar-refractivity contribution is 6.31. The topological polar surface area (TPSA) is 84.7 Å². The molecule has 1 N–H and O–H groups in total. The maximum Gasteiger partial charge on any atom is 0.293 e. The van der Waals surface area contributed by atoms with Gasteiger partial charge >= 0.3 is 0 Å². The fraction of sp³-hybridized carbons (Fsp3) is 0.350. The van der Waals surface area contributed by atoms with Crippen molar-refractivity contribution in [3.05, 3.63) is 68.7 Å². The van der Waals surface area contributed by atoms with Crippen LogP contribution in [0.1, 0.15) is 28.8 Å². The summed E-state index contributed by atoms with van der Waals surface area (Å²) in [5.41, 5.74) is 1.29. The molecule has 1 aliphatic heterocycles. The van der Waals surface area contributed by atoms with Crippen LogP contribution in [0.15, 0.2) is 42.5 Å². The summed E-state index contributed by atoms with van der Waals surface area (Å²) in [5.74, 6) is -0.267. The Balaban J connectivity index is 1.73. The number of carbonyl (C=O) groups is 1. The number of hydrogen-bond donors (Lipinski definition) is 1. The lowest BCUT2D eigenvalue weighted by atomic mass is 10.1. The highest BCUT2D eigenvalue weighted by atomic mass is 35.5. The van der Waals surface area contributed by atoms with Crippen LogP contribution >= 0.6 is 11.6 Å². The Hall–Kier alpha value is -2.64. The largest absolute Gasteiger partial charge is 0.376 e. The van der Waals surface area contributed by atoms with Gasteiger partial charge in [0.1, 0.15) is 5.69 Å². The Morgan fingerprint density at radius 2 is 2.14 bits per heavy atom. The standard InChI is InChI=1S/C20H22ClN3O4/c1-23(13-16-6-4-10-28-16)20(25)14-8-9-18(19(11-14)24(26)27)22-12-15-5-2-3-7-17(15)21/h2-3,5,7-9,11,16,22H,4,6,10,12-13H2,1H3. The van der Waals surface area contributed by atoms with Crippen LogP contribution in [-0.2, 0) is 11.3 Å². The number of hydrogen-bond acceptors (Lipinski definition) is 5. The normalized spacial score (nSPS) is 16.0. The Kier molecular flexibility index (Phi) is 6.49. The Labute approximate surface area is 168 Å². The smallest absolute Gasteiger partial charge is 0.293 e. The van der Waals surface area contributed by atoms with Crippen LogP contribution in [0.5, 0.6) is 0 Å². The molecule has 148 valence electrons. The van der Waals surface area contributed by atoms with Gasteiger partial charge < -0.3 is 15.0 Å². The fourth-order valence-electron chi connectivity index (χ4n) is 3.19. The first kappa shape index (κ1) is 20.1. The Morgan fingerprint density at radius 3 is 2.82 bits per heavy atom. The van der Waals surface area contributed by atoms with Gasteiger partial charge in [0.2, 0.25) is 0 Å². The van der Waals surface area contributed by atoms with E-state index in [1.807, 2.05) is 18.2 Å². The third-order valence-corrected chi connectivity index (χ3v) is 5.09. The molecule has 2 aromatic carbocycles. The monoisotopic (exact) mass is 403 g/mol. The maximum atomic E-state index is 12.7. The van der Waals surface area contributed by atoms with Crippen LogP contribution in [0.2, 0.25) is 5.02 Å². The molecule has 1 atom stereocenters. The average molecular weight is 404 g/mol. The molecule has 0 saturated carbocycles. The van der Waals surface area contributed by atoms with Crippen LogP contribution in [0.25, 0.3) is 0 Å². The quantitative estimate of drug-likeness (QED) is 0.555. The minimum atomic E-state index is -0.494. The number of ether oxygens (including phenoxy) is 1. The predicted molar refractivity (Wildman–Crippen MR) is 108 cm³/mol. The van der Waals surface area contributed by atoms with E-state index in [0.717, 1.165) is 18.4 Å². The molecule has 7 nitrogen and oxygen atoms in total. The first-order valence-electron chi connectivity index (χ1n) is 9.08. The molecule has 3 rings (SSSR count). The van der Waals surface area contributed by atoms with Crippen LogP contribution in [0.3, 0.4) is 0 Å². The van der Waals surface area contributed by atoms with E-state index in [4.69, 9.17) is 16.3 Å². The van der Waals surface area contributed by atoms with Gasteiger partial charge in [-0.15, -0.1) is 0 Å². The zero-order chi connectivity index (χ0) is 20.1. The lowest BCUT2D eigenvalue weighted by Gasteiger charge is -2.21. The zero-order valence-electron chi connectivity index (χ0n) is 15.6. The minimum Gasteiger partial charge on any atom is -0.376 e. The number of benzene rings is 2. The maximum absolute atomic E-state index is 12.7. The van der Waals surface area contributed by atoms with Crippen molar-refractivity contribution in [2.45, 2.75) is 25.5 Å². The van der Waals surface area contributed by atoms with Crippen molar-refractivity contribution in [1.29, 1.82) is 0 Å². The summed E-state index contributed by atoms with van der Waals surface area (Å²) in [4.78, 5) is 25.2. The van der Waals surface area contributed by atoms with Crippen molar-refractivity contribution in [2.75, 3.05) is 25.5 Å². The first-order valence-corrected chi connectivity index (χ1v) is 9.46. The molecule has 28 heavy (non-hydrogen) atoms. The molecule has 1 fully saturated rings.